The molecule has 0 bridgehead atoms. The maximum atomic E-state index is 8.93. The van der Waals surface area contributed by atoms with E-state index in [9.17, 15) is 0 Å². The summed E-state index contributed by atoms with van der Waals surface area (Å²) in [5.74, 6) is 0. The largest absolute Gasteiger partial charge is 0.394 e. The van der Waals surface area contributed by atoms with Crippen LogP contribution in [-0.4, -0.2) is 246 Å². The predicted octanol–water partition coefficient (Wildman–Crippen LogP) is -10.5. The highest BCUT2D eigenvalue weighted by atomic mass is 16.5. The van der Waals surface area contributed by atoms with E-state index in [1.807, 2.05) is 0 Å². The Balaban J connectivity index is -0.0000000451. The summed E-state index contributed by atoms with van der Waals surface area (Å²) in [6.07, 6.45) is -1.90. The van der Waals surface area contributed by atoms with Crippen LogP contribution in [0.15, 0.2) is 0 Å². The highest BCUT2D eigenvalue weighted by Gasteiger charge is 2.17. The molecule has 0 amide bonds. The van der Waals surface area contributed by atoms with Crippen molar-refractivity contribution in [2.24, 2.45) is 0 Å². The second-order valence-corrected chi connectivity index (χ2v) is 5.64. The van der Waals surface area contributed by atoms with Crippen LogP contribution < -0.4 is 0 Å². The van der Waals surface area contributed by atoms with Crippen LogP contribution >= 0.6 is 0 Å². The second-order valence-electron chi connectivity index (χ2n) is 5.64. The summed E-state index contributed by atoms with van der Waals surface area (Å²) in [5.41, 5.74) is 0. The number of aliphatic hydroxyl groups excluding tert-OH is 20. The lowest BCUT2D eigenvalue weighted by Gasteiger charge is -2.18. The first-order valence-electron chi connectivity index (χ1n) is 12.4. The number of aliphatic hydroxyl groups is 20. The van der Waals surface area contributed by atoms with Gasteiger partial charge in [-0.05, 0) is 0 Å². The molecular formula is C22H62O21. The number of hydrogen-bond donors (Lipinski definition) is 20. The van der Waals surface area contributed by atoms with Gasteiger partial charge in [-0.3, -0.25) is 0 Å². The molecular weight excluding hydrogens is 600 g/mol. The van der Waals surface area contributed by atoms with Crippen molar-refractivity contribution in [1.29, 1.82) is 0 Å². The first-order valence-corrected chi connectivity index (χ1v) is 12.4. The van der Waals surface area contributed by atoms with Gasteiger partial charge in [0.1, 0.15) is 12.2 Å². The highest BCUT2D eigenvalue weighted by Crippen LogP contribution is 1.97. The average molecular weight is 663 g/mol. The van der Waals surface area contributed by atoms with E-state index in [4.69, 9.17) is 107 Å². The normalized spacial score (nSPS) is 9.77. The molecule has 0 aliphatic carbocycles. The van der Waals surface area contributed by atoms with E-state index in [0.717, 1.165) is 0 Å². The summed E-state index contributed by atoms with van der Waals surface area (Å²) in [7, 11) is 0. The van der Waals surface area contributed by atoms with Crippen LogP contribution in [0.4, 0.5) is 0 Å². The summed E-state index contributed by atoms with van der Waals surface area (Å²) in [5, 5.41) is 156. The third-order valence-electron chi connectivity index (χ3n) is 2.02. The molecule has 0 aliphatic heterocycles. The molecule has 0 rings (SSSR count). The Kier molecular flexibility index (Phi) is 147. The Morgan fingerprint density at radius 3 is 0.558 bits per heavy atom. The summed E-state index contributed by atoms with van der Waals surface area (Å²) in [6.45, 7) is -2.96. The summed E-state index contributed by atoms with van der Waals surface area (Å²) in [4.78, 5) is 0. The van der Waals surface area contributed by atoms with Crippen molar-refractivity contribution in [3.05, 3.63) is 0 Å². The SMILES string of the molecule is OCCO.OCCO.OCCO.OCCO.OCCO.OCCO.OCCO.OCCO.OCCOC(CO)C(O)CO. The van der Waals surface area contributed by atoms with Crippen LogP contribution in [0, 0.1) is 0 Å². The Morgan fingerprint density at radius 2 is 0.465 bits per heavy atom. The van der Waals surface area contributed by atoms with Gasteiger partial charge in [0.25, 0.3) is 0 Å². The number of rotatable bonds is 14. The maximum Gasteiger partial charge on any atom is 0.109 e. The van der Waals surface area contributed by atoms with E-state index >= 15 is 0 Å². The van der Waals surface area contributed by atoms with Gasteiger partial charge in [0.15, 0.2) is 0 Å². The van der Waals surface area contributed by atoms with E-state index < -0.39 is 18.8 Å². The minimum absolute atomic E-state index is 0.0439. The smallest absolute Gasteiger partial charge is 0.109 e. The Bertz CT molecular complexity index is 236. The van der Waals surface area contributed by atoms with Crippen molar-refractivity contribution in [2.45, 2.75) is 12.2 Å². The molecule has 0 aliphatic rings. The van der Waals surface area contributed by atoms with Crippen molar-refractivity contribution in [3.8, 4) is 0 Å². The first-order chi connectivity index (χ1) is 20.6. The zero-order valence-electron chi connectivity index (χ0n) is 24.6. The van der Waals surface area contributed by atoms with Crippen molar-refractivity contribution in [2.75, 3.05) is 132 Å². The average Bonchev–Trinajstić information content (AvgIpc) is 3.08. The number of ether oxygens (including phenoxy) is 1. The van der Waals surface area contributed by atoms with Crippen molar-refractivity contribution >= 4 is 0 Å². The molecule has 0 aromatic carbocycles. The van der Waals surface area contributed by atoms with E-state index in [0.29, 0.717) is 0 Å². The van der Waals surface area contributed by atoms with Crippen molar-refractivity contribution < 1.29 is 107 Å². The molecule has 0 saturated carbocycles. The van der Waals surface area contributed by atoms with Gasteiger partial charge >= 0.3 is 0 Å². The minimum atomic E-state index is -1.09. The van der Waals surface area contributed by atoms with Crippen molar-refractivity contribution in [3.63, 3.8) is 0 Å². The van der Waals surface area contributed by atoms with Gasteiger partial charge in [0, 0.05) is 0 Å². The van der Waals surface area contributed by atoms with Gasteiger partial charge < -0.3 is 107 Å². The predicted molar refractivity (Wildman–Crippen MR) is 150 cm³/mol. The molecule has 0 radical (unpaired) electrons. The maximum absolute atomic E-state index is 8.93. The van der Waals surface area contributed by atoms with Gasteiger partial charge in [-0.15, -0.1) is 0 Å². The molecule has 21 heteroatoms. The minimum Gasteiger partial charge on any atom is -0.394 e. The zero-order chi connectivity index (χ0) is 36.0. The third kappa shape index (κ3) is 172. The molecule has 2 atom stereocenters. The topological polar surface area (TPSA) is 414 Å². The molecule has 0 aromatic heterocycles. The molecule has 0 fully saturated rings. The van der Waals surface area contributed by atoms with Crippen LogP contribution in [0.1, 0.15) is 0 Å². The fraction of sp³-hybridized carbons (Fsp3) is 1.00. The molecule has 21 nitrogen and oxygen atoms in total. The molecule has 0 aromatic rings. The molecule has 0 heterocycles. The van der Waals surface area contributed by atoms with Crippen LogP contribution in [0.2, 0.25) is 0 Å². The number of hydrogen-bond acceptors (Lipinski definition) is 21. The second kappa shape index (κ2) is 97.0. The zero-order valence-corrected chi connectivity index (χ0v) is 24.6. The Hall–Kier alpha value is -0.840. The van der Waals surface area contributed by atoms with Crippen molar-refractivity contribution in [1.82, 2.24) is 0 Å². The van der Waals surface area contributed by atoms with Crippen LogP contribution in [-0.2, 0) is 4.74 Å². The molecule has 2 unspecified atom stereocenters. The lowest BCUT2D eigenvalue weighted by molar-refractivity contribution is -0.0857. The first kappa shape index (κ1) is 65.0. The van der Waals surface area contributed by atoms with Gasteiger partial charge in [0.2, 0.25) is 0 Å². The Labute approximate surface area is 251 Å². The fourth-order valence-electron chi connectivity index (χ4n) is 0.607. The van der Waals surface area contributed by atoms with Gasteiger partial charge in [-0.2, -0.15) is 0 Å². The van der Waals surface area contributed by atoms with Gasteiger partial charge in [0.05, 0.1) is 132 Å². The van der Waals surface area contributed by atoms with Crippen LogP contribution in [0.25, 0.3) is 0 Å². The summed E-state index contributed by atoms with van der Waals surface area (Å²) >= 11 is 0. The molecule has 276 valence electrons. The van der Waals surface area contributed by atoms with E-state index in [2.05, 4.69) is 0 Å². The van der Waals surface area contributed by atoms with E-state index in [1.54, 1.807) is 0 Å². The van der Waals surface area contributed by atoms with Gasteiger partial charge in [-0.1, -0.05) is 0 Å². The third-order valence-corrected chi connectivity index (χ3v) is 2.02. The summed E-state index contributed by atoms with van der Waals surface area (Å²) < 4.78 is 4.78. The molecule has 0 spiro atoms. The standard InChI is InChI=1S/C6H14O5.8C2H6O2/c7-1-2-11-6(4-9)5(10)3-8;8*3-1-2-4/h5-10H,1-4H2;8*3-4H,1-2H2. The lowest BCUT2D eigenvalue weighted by atomic mass is 10.2. The Morgan fingerprint density at radius 1 is 0.279 bits per heavy atom. The molecule has 20 N–H and O–H groups in total. The van der Waals surface area contributed by atoms with Gasteiger partial charge in [-0.25, -0.2) is 0 Å². The monoisotopic (exact) mass is 662 g/mol. The quantitative estimate of drug-likeness (QED) is 0.0820. The summed E-state index contributed by atoms with van der Waals surface area (Å²) in [6, 6.07) is 0. The molecule has 0 saturated heterocycles. The highest BCUT2D eigenvalue weighted by molar-refractivity contribution is 4.66. The fourth-order valence-corrected chi connectivity index (χ4v) is 0.607. The molecule has 43 heavy (non-hydrogen) atoms. The van der Waals surface area contributed by atoms with Crippen LogP contribution in [0.5, 0.6) is 0 Å². The van der Waals surface area contributed by atoms with Crippen LogP contribution in [0.3, 0.4) is 0 Å². The van der Waals surface area contributed by atoms with E-state index in [-0.39, 0.29) is 126 Å². The van der Waals surface area contributed by atoms with E-state index in [1.165, 1.54) is 0 Å². The lowest BCUT2D eigenvalue weighted by Crippen LogP contribution is -2.35.